The number of amides is 2. The van der Waals surface area contributed by atoms with Crippen molar-refractivity contribution in [2.24, 2.45) is 0 Å². The number of anilines is 3. The van der Waals surface area contributed by atoms with Crippen LogP contribution < -0.4 is 15.0 Å². The van der Waals surface area contributed by atoms with Gasteiger partial charge in [0.25, 0.3) is 5.91 Å². The van der Waals surface area contributed by atoms with Gasteiger partial charge in [-0.1, -0.05) is 42.5 Å². The summed E-state index contributed by atoms with van der Waals surface area (Å²) in [6.07, 6.45) is 0. The Labute approximate surface area is 203 Å². The number of benzene rings is 4. The minimum Gasteiger partial charge on any atom is -0.497 e. The predicted octanol–water partition coefficient (Wildman–Crippen LogP) is 6.40. The third-order valence-electron chi connectivity index (χ3n) is 5.08. The van der Waals surface area contributed by atoms with E-state index in [0.29, 0.717) is 17.0 Å². The molecule has 0 aliphatic carbocycles. The highest BCUT2D eigenvalue weighted by atomic mass is 32.2. The highest BCUT2D eigenvalue weighted by Crippen LogP contribution is 2.28. The number of thioether (sulfide) groups is 1. The van der Waals surface area contributed by atoms with Gasteiger partial charge < -0.3 is 10.1 Å². The maximum Gasteiger partial charge on any atom is 0.255 e. The van der Waals surface area contributed by atoms with E-state index in [0.717, 1.165) is 16.3 Å². The average molecular weight is 469 g/mol. The molecule has 0 radical (unpaired) electrons. The number of hydrogen-bond donors (Lipinski definition) is 1. The third-order valence-corrected chi connectivity index (χ3v) is 6.08. The van der Waals surface area contributed by atoms with Crippen LogP contribution in [-0.2, 0) is 4.79 Å². The van der Waals surface area contributed by atoms with Crippen molar-refractivity contribution in [3.05, 3.63) is 115 Å². The quantitative estimate of drug-likeness (QED) is 0.304. The highest BCUT2D eigenvalue weighted by molar-refractivity contribution is 8.00. The fourth-order valence-corrected chi connectivity index (χ4v) is 4.15. The van der Waals surface area contributed by atoms with E-state index in [2.05, 4.69) is 5.32 Å². The number of carbonyl (C=O) groups excluding carboxylic acids is 2. The fraction of sp³-hybridized carbons (Fsp3) is 0.0714. The molecule has 4 rings (SSSR count). The molecule has 0 heterocycles. The lowest BCUT2D eigenvalue weighted by molar-refractivity contribution is -0.115. The molecular weight excluding hydrogens is 444 g/mol. The first-order valence-corrected chi connectivity index (χ1v) is 11.7. The lowest BCUT2D eigenvalue weighted by Gasteiger charge is -2.23. The molecule has 0 spiro atoms. The molecule has 4 aromatic carbocycles. The smallest absolute Gasteiger partial charge is 0.255 e. The van der Waals surface area contributed by atoms with Crippen molar-refractivity contribution in [2.45, 2.75) is 4.90 Å². The van der Waals surface area contributed by atoms with E-state index in [1.54, 1.807) is 36.3 Å². The maximum atomic E-state index is 13.2. The Bertz CT molecular complexity index is 1210. The molecule has 4 aromatic rings. The summed E-state index contributed by atoms with van der Waals surface area (Å²) in [6, 6.07) is 33.7. The summed E-state index contributed by atoms with van der Waals surface area (Å²) in [5, 5.41) is 2.88. The van der Waals surface area contributed by atoms with Gasteiger partial charge in [-0.05, 0) is 66.7 Å². The van der Waals surface area contributed by atoms with E-state index in [4.69, 9.17) is 4.74 Å². The topological polar surface area (TPSA) is 58.6 Å². The highest BCUT2D eigenvalue weighted by Gasteiger charge is 2.18. The van der Waals surface area contributed by atoms with Crippen LogP contribution in [-0.4, -0.2) is 24.7 Å². The molecule has 0 bridgehead atoms. The van der Waals surface area contributed by atoms with Crippen molar-refractivity contribution >= 4 is 40.6 Å². The van der Waals surface area contributed by atoms with Gasteiger partial charge in [0.15, 0.2) is 0 Å². The van der Waals surface area contributed by atoms with Crippen LogP contribution >= 0.6 is 11.8 Å². The van der Waals surface area contributed by atoms with Crippen molar-refractivity contribution in [3.63, 3.8) is 0 Å². The van der Waals surface area contributed by atoms with Crippen molar-refractivity contribution in [3.8, 4) is 5.75 Å². The average Bonchev–Trinajstić information content (AvgIpc) is 2.89. The van der Waals surface area contributed by atoms with Crippen LogP contribution in [0.3, 0.4) is 0 Å². The lowest BCUT2D eigenvalue weighted by Crippen LogP contribution is -2.27. The molecule has 6 heteroatoms. The van der Waals surface area contributed by atoms with E-state index in [9.17, 15) is 9.59 Å². The van der Waals surface area contributed by atoms with Crippen molar-refractivity contribution in [1.29, 1.82) is 0 Å². The Kier molecular flexibility index (Phi) is 7.63. The van der Waals surface area contributed by atoms with Crippen LogP contribution in [0.2, 0.25) is 0 Å². The first-order valence-electron chi connectivity index (χ1n) is 10.8. The van der Waals surface area contributed by atoms with Crippen LogP contribution in [0, 0.1) is 0 Å². The summed E-state index contributed by atoms with van der Waals surface area (Å²) >= 11 is 1.45. The molecule has 2 amide bonds. The van der Waals surface area contributed by atoms with Gasteiger partial charge in [-0.3, -0.25) is 14.5 Å². The van der Waals surface area contributed by atoms with Crippen molar-refractivity contribution < 1.29 is 14.3 Å². The number of nitrogens with zero attached hydrogens (tertiary/aromatic N) is 1. The zero-order valence-electron chi connectivity index (χ0n) is 18.7. The summed E-state index contributed by atoms with van der Waals surface area (Å²) in [5.74, 6) is 0.678. The summed E-state index contributed by atoms with van der Waals surface area (Å²) in [7, 11) is 1.57. The van der Waals surface area contributed by atoms with Crippen LogP contribution in [0.15, 0.2) is 114 Å². The SMILES string of the molecule is COc1cccc(C(=O)Nc2ccc(SCC(=O)N(c3ccccc3)c3ccccc3)cc2)c1. The Hall–Kier alpha value is -4.03. The number of para-hydroxylation sites is 2. The van der Waals surface area contributed by atoms with Gasteiger partial charge >= 0.3 is 0 Å². The Morgan fingerprint density at radius 3 is 2.00 bits per heavy atom. The normalized spacial score (nSPS) is 10.4. The summed E-state index contributed by atoms with van der Waals surface area (Å²) in [5.41, 5.74) is 2.86. The van der Waals surface area contributed by atoms with E-state index in [1.165, 1.54) is 11.8 Å². The summed E-state index contributed by atoms with van der Waals surface area (Å²) in [6.45, 7) is 0. The summed E-state index contributed by atoms with van der Waals surface area (Å²) in [4.78, 5) is 28.4. The first kappa shape index (κ1) is 23.1. The van der Waals surface area contributed by atoms with Gasteiger partial charge in [-0.15, -0.1) is 11.8 Å². The van der Waals surface area contributed by atoms with Crippen LogP contribution in [0.25, 0.3) is 0 Å². The van der Waals surface area contributed by atoms with E-state index >= 15 is 0 Å². The second-order valence-corrected chi connectivity index (χ2v) is 8.45. The molecule has 34 heavy (non-hydrogen) atoms. The van der Waals surface area contributed by atoms with E-state index in [-0.39, 0.29) is 17.6 Å². The van der Waals surface area contributed by atoms with Crippen LogP contribution in [0.5, 0.6) is 5.75 Å². The zero-order chi connectivity index (χ0) is 23.8. The second-order valence-electron chi connectivity index (χ2n) is 7.40. The molecule has 0 unspecified atom stereocenters. The minimum atomic E-state index is -0.212. The third kappa shape index (κ3) is 5.85. The van der Waals surface area contributed by atoms with Gasteiger partial charge in [-0.25, -0.2) is 0 Å². The zero-order valence-corrected chi connectivity index (χ0v) is 19.5. The van der Waals surface area contributed by atoms with E-state index in [1.807, 2.05) is 84.9 Å². The maximum absolute atomic E-state index is 13.2. The van der Waals surface area contributed by atoms with Gasteiger partial charge in [0, 0.05) is 27.5 Å². The summed E-state index contributed by atoms with van der Waals surface area (Å²) < 4.78 is 5.18. The van der Waals surface area contributed by atoms with Crippen molar-refractivity contribution in [1.82, 2.24) is 0 Å². The lowest BCUT2D eigenvalue weighted by atomic mass is 10.2. The van der Waals surface area contributed by atoms with E-state index < -0.39 is 0 Å². The van der Waals surface area contributed by atoms with Gasteiger partial charge in [0.05, 0.1) is 12.9 Å². The first-order chi connectivity index (χ1) is 16.6. The van der Waals surface area contributed by atoms with Crippen LogP contribution in [0.4, 0.5) is 17.1 Å². The minimum absolute atomic E-state index is 0.0159. The van der Waals surface area contributed by atoms with Gasteiger partial charge in [0.2, 0.25) is 5.91 Å². The number of ether oxygens (including phenoxy) is 1. The van der Waals surface area contributed by atoms with Gasteiger partial charge in [0.1, 0.15) is 5.75 Å². The molecule has 0 aliphatic heterocycles. The number of carbonyl (C=O) groups is 2. The Morgan fingerprint density at radius 2 is 1.41 bits per heavy atom. The largest absolute Gasteiger partial charge is 0.497 e. The molecule has 170 valence electrons. The monoisotopic (exact) mass is 468 g/mol. The molecule has 0 saturated heterocycles. The number of hydrogen-bond acceptors (Lipinski definition) is 4. The molecule has 0 fully saturated rings. The number of rotatable bonds is 8. The molecule has 0 aromatic heterocycles. The predicted molar refractivity (Wildman–Crippen MR) is 138 cm³/mol. The molecule has 0 aliphatic rings. The fourth-order valence-electron chi connectivity index (χ4n) is 3.40. The Balaban J connectivity index is 1.40. The number of methoxy groups -OCH3 is 1. The standard InChI is InChI=1S/C28H24N2O3S/c1-33-25-14-8-9-21(19-25)28(32)29-22-15-17-26(18-16-22)34-20-27(31)30(23-10-4-2-5-11-23)24-12-6-3-7-13-24/h2-19H,20H2,1H3,(H,29,32). The molecule has 1 N–H and O–H groups in total. The second kappa shape index (κ2) is 11.2. The molecule has 0 saturated carbocycles. The van der Waals surface area contributed by atoms with Crippen LogP contribution in [0.1, 0.15) is 10.4 Å². The molecular formula is C28H24N2O3S. The van der Waals surface area contributed by atoms with Crippen molar-refractivity contribution in [2.75, 3.05) is 23.1 Å². The Morgan fingerprint density at radius 1 is 0.794 bits per heavy atom. The number of nitrogens with one attached hydrogen (secondary N) is 1. The van der Waals surface area contributed by atoms with Gasteiger partial charge in [-0.2, -0.15) is 0 Å². The molecule has 0 atom stereocenters. The molecule has 5 nitrogen and oxygen atoms in total.